The summed E-state index contributed by atoms with van der Waals surface area (Å²) in [7, 11) is 3.19. The third kappa shape index (κ3) is 2.89. The molecule has 0 unspecified atom stereocenters. The maximum absolute atomic E-state index is 5.45. The highest BCUT2D eigenvalue weighted by atomic mass is 79.9. The molecule has 0 aliphatic heterocycles. The molecule has 0 atom stereocenters. The topological polar surface area (TPSA) is 27.7 Å². The molecule has 3 nitrogen and oxygen atoms in total. The van der Waals surface area contributed by atoms with Gasteiger partial charge in [0.1, 0.15) is 12.4 Å². The van der Waals surface area contributed by atoms with Crippen LogP contribution in [0.2, 0.25) is 0 Å². The van der Waals surface area contributed by atoms with Crippen LogP contribution < -0.4 is 14.2 Å². The number of halogens is 1. The van der Waals surface area contributed by atoms with Gasteiger partial charge in [0.15, 0.2) is 11.5 Å². The molecule has 0 bridgehead atoms. The molecule has 0 fully saturated rings. The van der Waals surface area contributed by atoms with E-state index < -0.39 is 0 Å². The SMILES string of the molecule is C=CCOc1cc(OC)cc(Br)c1OC. The third-order valence-electron chi connectivity index (χ3n) is 1.78. The van der Waals surface area contributed by atoms with E-state index in [0.717, 1.165) is 4.47 Å². The van der Waals surface area contributed by atoms with Crippen molar-refractivity contribution in [3.8, 4) is 17.2 Å². The molecule has 1 aromatic carbocycles. The summed E-state index contributed by atoms with van der Waals surface area (Å²) in [6.45, 7) is 4.01. The van der Waals surface area contributed by atoms with Gasteiger partial charge in [-0.25, -0.2) is 0 Å². The standard InChI is InChI=1S/C11H13BrO3/c1-4-5-15-10-7-8(13-2)6-9(12)11(10)14-3/h4,6-7H,1,5H2,2-3H3. The summed E-state index contributed by atoms with van der Waals surface area (Å²) in [6, 6.07) is 3.59. The fourth-order valence-electron chi connectivity index (χ4n) is 1.12. The van der Waals surface area contributed by atoms with Gasteiger partial charge in [0.05, 0.1) is 18.7 Å². The van der Waals surface area contributed by atoms with Crippen LogP contribution in [0.1, 0.15) is 0 Å². The normalized spacial score (nSPS) is 9.53. The van der Waals surface area contributed by atoms with Gasteiger partial charge in [-0.2, -0.15) is 0 Å². The van der Waals surface area contributed by atoms with E-state index >= 15 is 0 Å². The number of rotatable bonds is 5. The second kappa shape index (κ2) is 5.66. The lowest BCUT2D eigenvalue weighted by Gasteiger charge is -2.12. The molecule has 4 heteroatoms. The number of benzene rings is 1. The molecule has 15 heavy (non-hydrogen) atoms. The molecule has 0 saturated carbocycles. The average Bonchev–Trinajstić information content (AvgIpc) is 2.25. The molecule has 0 radical (unpaired) electrons. The molecule has 0 aromatic heterocycles. The Kier molecular flexibility index (Phi) is 4.49. The first-order chi connectivity index (χ1) is 7.22. The molecular weight excluding hydrogens is 260 g/mol. The Hall–Kier alpha value is -1.16. The summed E-state index contributed by atoms with van der Waals surface area (Å²) in [5.74, 6) is 1.99. The van der Waals surface area contributed by atoms with Crippen molar-refractivity contribution < 1.29 is 14.2 Å². The second-order valence-corrected chi connectivity index (χ2v) is 3.59. The van der Waals surface area contributed by atoms with Crippen LogP contribution in [-0.4, -0.2) is 20.8 Å². The number of hydrogen-bond donors (Lipinski definition) is 0. The van der Waals surface area contributed by atoms with Crippen molar-refractivity contribution in [2.24, 2.45) is 0 Å². The van der Waals surface area contributed by atoms with E-state index in [1.54, 1.807) is 26.4 Å². The molecule has 0 saturated heterocycles. The second-order valence-electron chi connectivity index (χ2n) is 2.74. The van der Waals surface area contributed by atoms with Gasteiger partial charge in [-0.15, -0.1) is 0 Å². The minimum atomic E-state index is 0.427. The van der Waals surface area contributed by atoms with Crippen LogP contribution in [0.5, 0.6) is 17.2 Å². The smallest absolute Gasteiger partial charge is 0.175 e. The van der Waals surface area contributed by atoms with Crippen molar-refractivity contribution in [1.29, 1.82) is 0 Å². The van der Waals surface area contributed by atoms with E-state index in [1.165, 1.54) is 0 Å². The van der Waals surface area contributed by atoms with Gasteiger partial charge in [-0.05, 0) is 22.0 Å². The fourth-order valence-corrected chi connectivity index (χ4v) is 1.70. The fraction of sp³-hybridized carbons (Fsp3) is 0.273. The zero-order chi connectivity index (χ0) is 11.3. The van der Waals surface area contributed by atoms with Gasteiger partial charge in [0, 0.05) is 6.07 Å². The van der Waals surface area contributed by atoms with Crippen LogP contribution in [0, 0.1) is 0 Å². The van der Waals surface area contributed by atoms with Gasteiger partial charge < -0.3 is 14.2 Å². The Morgan fingerprint density at radius 2 is 2.07 bits per heavy atom. The third-order valence-corrected chi connectivity index (χ3v) is 2.37. The van der Waals surface area contributed by atoms with Crippen molar-refractivity contribution in [3.05, 3.63) is 29.3 Å². The van der Waals surface area contributed by atoms with Gasteiger partial charge in [0.25, 0.3) is 0 Å². The molecule has 1 aromatic rings. The Bertz CT molecular complexity index is 350. The Balaban J connectivity index is 3.07. The number of ether oxygens (including phenoxy) is 3. The highest BCUT2D eigenvalue weighted by Gasteiger charge is 2.11. The number of hydrogen-bond acceptors (Lipinski definition) is 3. The number of methoxy groups -OCH3 is 2. The molecule has 0 heterocycles. The zero-order valence-corrected chi connectivity index (χ0v) is 10.3. The van der Waals surface area contributed by atoms with E-state index in [9.17, 15) is 0 Å². The lowest BCUT2D eigenvalue weighted by atomic mass is 10.3. The molecule has 0 spiro atoms. The van der Waals surface area contributed by atoms with Crippen molar-refractivity contribution >= 4 is 15.9 Å². The Labute approximate surface area is 97.8 Å². The largest absolute Gasteiger partial charge is 0.497 e. The van der Waals surface area contributed by atoms with Gasteiger partial charge in [0.2, 0.25) is 0 Å². The zero-order valence-electron chi connectivity index (χ0n) is 8.75. The van der Waals surface area contributed by atoms with E-state index in [4.69, 9.17) is 14.2 Å². The minimum absolute atomic E-state index is 0.427. The van der Waals surface area contributed by atoms with E-state index in [0.29, 0.717) is 23.9 Å². The summed E-state index contributed by atoms with van der Waals surface area (Å²) in [4.78, 5) is 0. The van der Waals surface area contributed by atoms with Crippen molar-refractivity contribution in [2.75, 3.05) is 20.8 Å². The van der Waals surface area contributed by atoms with Crippen LogP contribution >= 0.6 is 15.9 Å². The van der Waals surface area contributed by atoms with Crippen LogP contribution in [0.15, 0.2) is 29.3 Å². The van der Waals surface area contributed by atoms with Crippen LogP contribution in [0.4, 0.5) is 0 Å². The summed E-state index contributed by atoms with van der Waals surface area (Å²) in [6.07, 6.45) is 1.67. The summed E-state index contributed by atoms with van der Waals surface area (Å²) in [5, 5.41) is 0. The monoisotopic (exact) mass is 272 g/mol. The van der Waals surface area contributed by atoms with Crippen LogP contribution in [0.3, 0.4) is 0 Å². The molecule has 0 amide bonds. The summed E-state index contributed by atoms with van der Waals surface area (Å²) in [5.41, 5.74) is 0. The van der Waals surface area contributed by atoms with Crippen molar-refractivity contribution in [2.45, 2.75) is 0 Å². The van der Waals surface area contributed by atoms with E-state index in [2.05, 4.69) is 22.5 Å². The Morgan fingerprint density at radius 1 is 1.33 bits per heavy atom. The predicted molar refractivity (Wildman–Crippen MR) is 62.9 cm³/mol. The first kappa shape index (κ1) is 11.9. The Morgan fingerprint density at radius 3 is 2.60 bits per heavy atom. The van der Waals surface area contributed by atoms with Crippen LogP contribution in [-0.2, 0) is 0 Å². The van der Waals surface area contributed by atoms with Crippen LogP contribution in [0.25, 0.3) is 0 Å². The van der Waals surface area contributed by atoms with Gasteiger partial charge >= 0.3 is 0 Å². The molecule has 0 N–H and O–H groups in total. The molecule has 0 aliphatic rings. The summed E-state index contributed by atoms with van der Waals surface area (Å²) < 4.78 is 16.6. The van der Waals surface area contributed by atoms with Crippen molar-refractivity contribution in [1.82, 2.24) is 0 Å². The van der Waals surface area contributed by atoms with E-state index in [1.807, 2.05) is 6.07 Å². The minimum Gasteiger partial charge on any atom is -0.497 e. The first-order valence-corrected chi connectivity index (χ1v) is 5.17. The van der Waals surface area contributed by atoms with Crippen molar-refractivity contribution in [3.63, 3.8) is 0 Å². The summed E-state index contributed by atoms with van der Waals surface area (Å²) >= 11 is 3.38. The molecular formula is C11H13BrO3. The quantitative estimate of drug-likeness (QED) is 0.772. The first-order valence-electron chi connectivity index (χ1n) is 4.38. The molecule has 82 valence electrons. The van der Waals surface area contributed by atoms with E-state index in [-0.39, 0.29) is 0 Å². The predicted octanol–water partition coefficient (Wildman–Crippen LogP) is 3.03. The molecule has 1 rings (SSSR count). The highest BCUT2D eigenvalue weighted by molar-refractivity contribution is 9.10. The lowest BCUT2D eigenvalue weighted by molar-refractivity contribution is 0.321. The van der Waals surface area contributed by atoms with Gasteiger partial charge in [-0.1, -0.05) is 12.7 Å². The molecule has 0 aliphatic carbocycles. The highest BCUT2D eigenvalue weighted by Crippen LogP contribution is 2.38. The average molecular weight is 273 g/mol. The maximum atomic E-state index is 5.45. The van der Waals surface area contributed by atoms with Gasteiger partial charge in [-0.3, -0.25) is 0 Å². The lowest BCUT2D eigenvalue weighted by Crippen LogP contribution is -1.97. The maximum Gasteiger partial charge on any atom is 0.175 e.